The molecule has 0 saturated carbocycles. The fourth-order valence-corrected chi connectivity index (χ4v) is 2.54. The van der Waals surface area contributed by atoms with Gasteiger partial charge in [-0.05, 0) is 38.1 Å². The first-order valence-corrected chi connectivity index (χ1v) is 7.53. The molecule has 0 atom stereocenters. The topological polar surface area (TPSA) is 62.6 Å². The highest BCUT2D eigenvalue weighted by Gasteiger charge is 2.35. The summed E-state index contributed by atoms with van der Waals surface area (Å²) in [5.41, 5.74) is 0.122. The highest BCUT2D eigenvalue weighted by Crippen LogP contribution is 2.23. The first-order valence-electron chi connectivity index (χ1n) is 7.53. The molecule has 0 bridgehead atoms. The van der Waals surface area contributed by atoms with E-state index >= 15 is 0 Å². The van der Waals surface area contributed by atoms with Gasteiger partial charge in [0.1, 0.15) is 12.4 Å². The van der Waals surface area contributed by atoms with Crippen LogP contribution in [0.2, 0.25) is 0 Å². The largest absolute Gasteiger partial charge is 0.493 e. The zero-order valence-electron chi connectivity index (χ0n) is 13.2. The minimum atomic E-state index is -0.549. The van der Waals surface area contributed by atoms with Crippen LogP contribution in [0.1, 0.15) is 30.6 Å². The number of rotatable bonds is 6. The van der Waals surface area contributed by atoms with Gasteiger partial charge < -0.3 is 9.47 Å². The van der Waals surface area contributed by atoms with Crippen LogP contribution in [0.25, 0.3) is 0 Å². The molecule has 0 aromatic heterocycles. The Kier molecular flexibility index (Phi) is 5.53. The molecule has 0 amide bonds. The molecule has 1 aliphatic heterocycles. The Morgan fingerprint density at radius 2 is 1.95 bits per heavy atom. The highest BCUT2D eigenvalue weighted by atomic mass is 16.5. The second kappa shape index (κ2) is 7.39. The molecular formula is C17H22N2O3. The second-order valence-corrected chi connectivity index (χ2v) is 5.77. The number of ether oxygens (including phenoxy) is 2. The van der Waals surface area contributed by atoms with Crippen molar-refractivity contribution in [2.24, 2.45) is 0 Å². The van der Waals surface area contributed by atoms with Gasteiger partial charge in [-0.15, -0.1) is 0 Å². The SMILES string of the molecule is CC(C)(C(=O)c1ccc(OCCC#N)cc1)N1CCOCC1. The predicted molar refractivity (Wildman–Crippen MR) is 83.0 cm³/mol. The maximum Gasteiger partial charge on any atom is 0.182 e. The van der Waals surface area contributed by atoms with E-state index < -0.39 is 5.54 Å². The minimum Gasteiger partial charge on any atom is -0.493 e. The van der Waals surface area contributed by atoms with Gasteiger partial charge in [0, 0.05) is 18.7 Å². The molecule has 5 nitrogen and oxygen atoms in total. The number of nitriles is 1. The van der Waals surface area contributed by atoms with Crippen molar-refractivity contribution in [1.29, 1.82) is 5.26 Å². The van der Waals surface area contributed by atoms with Crippen LogP contribution in [0.4, 0.5) is 0 Å². The molecule has 1 aromatic carbocycles. The molecule has 1 fully saturated rings. The van der Waals surface area contributed by atoms with E-state index in [2.05, 4.69) is 4.90 Å². The summed E-state index contributed by atoms with van der Waals surface area (Å²) in [6.45, 7) is 7.16. The average molecular weight is 302 g/mol. The summed E-state index contributed by atoms with van der Waals surface area (Å²) >= 11 is 0. The Balaban J connectivity index is 2.03. The maximum atomic E-state index is 12.8. The lowest BCUT2D eigenvalue weighted by atomic mass is 9.91. The van der Waals surface area contributed by atoms with Crippen molar-refractivity contribution in [3.63, 3.8) is 0 Å². The van der Waals surface area contributed by atoms with Crippen molar-refractivity contribution in [2.75, 3.05) is 32.9 Å². The Hall–Kier alpha value is -1.90. The van der Waals surface area contributed by atoms with Gasteiger partial charge in [0.2, 0.25) is 0 Å². The van der Waals surface area contributed by atoms with E-state index in [4.69, 9.17) is 14.7 Å². The summed E-state index contributed by atoms with van der Waals surface area (Å²) in [4.78, 5) is 14.9. The van der Waals surface area contributed by atoms with E-state index in [0.29, 0.717) is 37.6 Å². The average Bonchev–Trinajstić information content (AvgIpc) is 2.56. The first kappa shape index (κ1) is 16.5. The van der Waals surface area contributed by atoms with Crippen LogP contribution in [0.5, 0.6) is 5.75 Å². The fourth-order valence-electron chi connectivity index (χ4n) is 2.54. The Morgan fingerprint density at radius 3 is 2.55 bits per heavy atom. The van der Waals surface area contributed by atoms with Crippen molar-refractivity contribution in [3.8, 4) is 11.8 Å². The molecule has 118 valence electrons. The zero-order chi connectivity index (χ0) is 16.0. The van der Waals surface area contributed by atoms with Gasteiger partial charge >= 0.3 is 0 Å². The quantitative estimate of drug-likeness (QED) is 0.596. The van der Waals surface area contributed by atoms with E-state index in [0.717, 1.165) is 13.1 Å². The number of benzene rings is 1. The van der Waals surface area contributed by atoms with Gasteiger partial charge in [0.25, 0.3) is 0 Å². The standard InChI is InChI=1S/C17H22N2O3/c1-17(2,19-9-12-21-13-10-19)16(20)14-4-6-15(7-5-14)22-11-3-8-18/h4-7H,3,9-13H2,1-2H3. The van der Waals surface area contributed by atoms with Crippen LogP contribution < -0.4 is 4.74 Å². The molecule has 1 saturated heterocycles. The Bertz CT molecular complexity index is 540. The number of hydrogen-bond acceptors (Lipinski definition) is 5. The lowest BCUT2D eigenvalue weighted by Gasteiger charge is -2.39. The monoisotopic (exact) mass is 302 g/mol. The molecule has 0 unspecified atom stereocenters. The van der Waals surface area contributed by atoms with Crippen LogP contribution in [-0.4, -0.2) is 49.1 Å². The summed E-state index contributed by atoms with van der Waals surface area (Å²) < 4.78 is 10.8. The predicted octanol–water partition coefficient (Wildman–Crippen LogP) is 2.27. The number of Topliss-reactive ketones (excluding diaryl/α,β-unsaturated/α-hetero) is 1. The first-order chi connectivity index (χ1) is 10.6. The number of carbonyl (C=O) groups is 1. The van der Waals surface area contributed by atoms with Crippen LogP contribution in [0, 0.1) is 11.3 Å². The van der Waals surface area contributed by atoms with Gasteiger partial charge in [-0.25, -0.2) is 0 Å². The lowest BCUT2D eigenvalue weighted by Crippen LogP contribution is -2.54. The molecule has 1 heterocycles. The van der Waals surface area contributed by atoms with Crippen LogP contribution in [0.3, 0.4) is 0 Å². The maximum absolute atomic E-state index is 12.8. The van der Waals surface area contributed by atoms with Gasteiger partial charge in [-0.3, -0.25) is 9.69 Å². The summed E-state index contributed by atoms with van der Waals surface area (Å²) in [6.07, 6.45) is 0.352. The van der Waals surface area contributed by atoms with Crippen LogP contribution in [0.15, 0.2) is 24.3 Å². The Morgan fingerprint density at radius 1 is 1.32 bits per heavy atom. The normalized spacial score (nSPS) is 16.0. The molecule has 0 N–H and O–H groups in total. The van der Waals surface area contributed by atoms with Crippen LogP contribution >= 0.6 is 0 Å². The highest BCUT2D eigenvalue weighted by molar-refractivity contribution is 6.02. The molecule has 22 heavy (non-hydrogen) atoms. The van der Waals surface area contributed by atoms with Crippen LogP contribution in [-0.2, 0) is 4.74 Å². The van der Waals surface area contributed by atoms with Crippen molar-refractivity contribution in [3.05, 3.63) is 29.8 Å². The van der Waals surface area contributed by atoms with Crippen molar-refractivity contribution < 1.29 is 14.3 Å². The molecule has 0 aliphatic carbocycles. The van der Waals surface area contributed by atoms with Gasteiger partial charge in [-0.2, -0.15) is 5.26 Å². The Labute approximate surface area is 131 Å². The van der Waals surface area contributed by atoms with Gasteiger partial charge in [0.15, 0.2) is 5.78 Å². The molecule has 1 aromatic rings. The van der Waals surface area contributed by atoms with E-state index in [1.54, 1.807) is 24.3 Å². The van der Waals surface area contributed by atoms with E-state index in [-0.39, 0.29) is 5.78 Å². The molecule has 2 rings (SSSR count). The van der Waals surface area contributed by atoms with Gasteiger partial charge in [-0.1, -0.05) is 0 Å². The number of carbonyl (C=O) groups excluding carboxylic acids is 1. The summed E-state index contributed by atoms with van der Waals surface area (Å²) in [6, 6.07) is 9.15. The third kappa shape index (κ3) is 3.85. The summed E-state index contributed by atoms with van der Waals surface area (Å²) in [5, 5.41) is 8.49. The van der Waals surface area contributed by atoms with E-state index in [1.165, 1.54) is 0 Å². The molecule has 5 heteroatoms. The number of morpholine rings is 1. The molecule has 1 aliphatic rings. The number of nitrogens with zero attached hydrogens (tertiary/aromatic N) is 2. The lowest BCUT2D eigenvalue weighted by molar-refractivity contribution is -0.00429. The third-order valence-corrected chi connectivity index (χ3v) is 3.96. The second-order valence-electron chi connectivity index (χ2n) is 5.77. The van der Waals surface area contributed by atoms with Crippen molar-refractivity contribution in [1.82, 2.24) is 4.90 Å². The van der Waals surface area contributed by atoms with Gasteiger partial charge in [0.05, 0.1) is 31.2 Å². The van der Waals surface area contributed by atoms with Crippen molar-refractivity contribution in [2.45, 2.75) is 25.8 Å². The van der Waals surface area contributed by atoms with E-state index in [1.807, 2.05) is 19.9 Å². The summed E-state index contributed by atoms with van der Waals surface area (Å²) in [7, 11) is 0. The fraction of sp³-hybridized carbons (Fsp3) is 0.529. The minimum absolute atomic E-state index is 0.0953. The van der Waals surface area contributed by atoms with E-state index in [9.17, 15) is 4.79 Å². The smallest absolute Gasteiger partial charge is 0.182 e. The molecule has 0 radical (unpaired) electrons. The van der Waals surface area contributed by atoms with Crippen molar-refractivity contribution >= 4 is 5.78 Å². The zero-order valence-corrected chi connectivity index (χ0v) is 13.2. The third-order valence-electron chi connectivity index (χ3n) is 3.96. The molecular weight excluding hydrogens is 280 g/mol. The summed E-state index contributed by atoms with van der Waals surface area (Å²) in [5.74, 6) is 0.772. The number of ketones is 1. The number of hydrogen-bond donors (Lipinski definition) is 0. The molecule has 0 spiro atoms.